The minimum absolute atomic E-state index is 0.0773. The number of fused-ring (bicyclic) bond motifs is 4. The molecule has 2 N–H and O–H groups in total. The van der Waals surface area contributed by atoms with Crippen molar-refractivity contribution in [2.24, 2.45) is 0 Å². The fourth-order valence-corrected chi connectivity index (χ4v) is 6.87. The predicted octanol–water partition coefficient (Wildman–Crippen LogP) is 4.17. The van der Waals surface area contributed by atoms with Gasteiger partial charge in [-0.1, -0.05) is 6.07 Å². The molecule has 8 nitrogen and oxygen atoms in total. The van der Waals surface area contributed by atoms with E-state index in [4.69, 9.17) is 4.74 Å². The molecular formula is C30H32FN5O3. The summed E-state index contributed by atoms with van der Waals surface area (Å²) >= 11 is 0. The number of nitrogens with zero attached hydrogens (tertiary/aromatic N) is 4. The van der Waals surface area contributed by atoms with Crippen molar-refractivity contribution in [1.29, 1.82) is 5.26 Å². The zero-order valence-corrected chi connectivity index (χ0v) is 21.9. The van der Waals surface area contributed by atoms with Crippen molar-refractivity contribution < 1.29 is 14.2 Å². The number of piperidine rings is 1. The van der Waals surface area contributed by atoms with Gasteiger partial charge in [0, 0.05) is 60.1 Å². The number of aromatic amines is 1. The highest BCUT2D eigenvalue weighted by Crippen LogP contribution is 2.41. The van der Waals surface area contributed by atoms with Crippen molar-refractivity contribution in [3.05, 3.63) is 51.4 Å². The van der Waals surface area contributed by atoms with E-state index >= 15 is 4.39 Å². The van der Waals surface area contributed by atoms with E-state index in [1.165, 1.54) is 0 Å². The first-order valence-corrected chi connectivity index (χ1v) is 14.0. The Hall–Kier alpha value is -3.45. The third kappa shape index (κ3) is 3.85. The van der Waals surface area contributed by atoms with Crippen LogP contribution in [0.3, 0.4) is 0 Å². The van der Waals surface area contributed by atoms with Gasteiger partial charge in [0.25, 0.3) is 0 Å². The molecule has 0 unspecified atom stereocenters. The average Bonchev–Trinajstić information content (AvgIpc) is 3.33. The topological polar surface area (TPSA) is 97.5 Å². The molecule has 3 aliphatic rings. The number of nitrogens with one attached hydrogen (secondary N) is 1. The number of aliphatic hydroxyl groups is 1. The predicted molar refractivity (Wildman–Crippen MR) is 149 cm³/mol. The molecular weight excluding hydrogens is 497 g/mol. The molecule has 0 spiro atoms. The van der Waals surface area contributed by atoms with Crippen molar-refractivity contribution >= 4 is 38.5 Å². The summed E-state index contributed by atoms with van der Waals surface area (Å²) in [6, 6.07) is 9.63. The third-order valence-electron chi connectivity index (χ3n) is 9.11. The minimum atomic E-state index is -0.427. The summed E-state index contributed by atoms with van der Waals surface area (Å²) in [7, 11) is 0. The number of benzene rings is 2. The zero-order chi connectivity index (χ0) is 26.7. The van der Waals surface area contributed by atoms with Crippen molar-refractivity contribution in [2.75, 3.05) is 44.3 Å². The maximum atomic E-state index is 16.8. The summed E-state index contributed by atoms with van der Waals surface area (Å²) in [6.45, 7) is 4.42. The number of anilines is 1. The van der Waals surface area contributed by atoms with Crippen LogP contribution in [0.1, 0.15) is 49.3 Å². The van der Waals surface area contributed by atoms with Gasteiger partial charge in [-0.2, -0.15) is 5.26 Å². The van der Waals surface area contributed by atoms with Gasteiger partial charge < -0.3 is 24.3 Å². The maximum absolute atomic E-state index is 16.8. The lowest BCUT2D eigenvalue weighted by molar-refractivity contribution is 0.0114. The van der Waals surface area contributed by atoms with Crippen LogP contribution >= 0.6 is 0 Å². The molecule has 0 bridgehead atoms. The van der Waals surface area contributed by atoms with Gasteiger partial charge in [0.05, 0.1) is 48.0 Å². The smallest absolute Gasteiger partial charge is 0.199 e. The van der Waals surface area contributed by atoms with Crippen LogP contribution < -0.4 is 10.3 Å². The van der Waals surface area contributed by atoms with Gasteiger partial charge in [-0.3, -0.25) is 9.69 Å². The van der Waals surface area contributed by atoms with Gasteiger partial charge in [-0.25, -0.2) is 4.39 Å². The number of pyridine rings is 1. The van der Waals surface area contributed by atoms with Crippen LogP contribution in [0.15, 0.2) is 29.1 Å². The van der Waals surface area contributed by atoms with E-state index in [-0.39, 0.29) is 18.1 Å². The average molecular weight is 530 g/mol. The van der Waals surface area contributed by atoms with Crippen molar-refractivity contribution in [3.8, 4) is 6.07 Å². The van der Waals surface area contributed by atoms with Crippen LogP contribution in [-0.4, -0.2) is 65.0 Å². The molecule has 9 heteroatoms. The maximum Gasteiger partial charge on any atom is 0.199 e. The van der Waals surface area contributed by atoms with Crippen LogP contribution in [0.5, 0.6) is 0 Å². The Morgan fingerprint density at radius 3 is 2.49 bits per heavy atom. The summed E-state index contributed by atoms with van der Waals surface area (Å²) in [5.41, 5.74) is 2.73. The van der Waals surface area contributed by atoms with Gasteiger partial charge in [0.15, 0.2) is 11.2 Å². The third-order valence-corrected chi connectivity index (χ3v) is 9.11. The zero-order valence-electron chi connectivity index (χ0n) is 21.9. The summed E-state index contributed by atoms with van der Waals surface area (Å²) in [4.78, 5) is 21.8. The largest absolute Gasteiger partial charge is 0.392 e. The molecule has 3 fully saturated rings. The van der Waals surface area contributed by atoms with E-state index in [1.807, 2.05) is 4.57 Å². The molecule has 4 heterocycles. The second-order valence-corrected chi connectivity index (χ2v) is 11.1. The van der Waals surface area contributed by atoms with E-state index < -0.39 is 5.82 Å². The summed E-state index contributed by atoms with van der Waals surface area (Å²) in [5, 5.41) is 21.3. The summed E-state index contributed by atoms with van der Waals surface area (Å²) < 4.78 is 24.3. The number of halogens is 1. The van der Waals surface area contributed by atoms with Crippen LogP contribution in [-0.2, 0) is 11.3 Å². The first-order chi connectivity index (χ1) is 19.1. The van der Waals surface area contributed by atoms with Crippen LogP contribution in [0.4, 0.5) is 10.1 Å². The Bertz CT molecular complexity index is 1690. The molecule has 4 aromatic rings. The second-order valence-electron chi connectivity index (χ2n) is 11.1. The lowest BCUT2D eigenvalue weighted by Gasteiger charge is -2.41. The number of hydrogen-bond acceptors (Lipinski definition) is 6. The van der Waals surface area contributed by atoms with E-state index in [1.54, 1.807) is 24.3 Å². The van der Waals surface area contributed by atoms with E-state index in [2.05, 4.69) is 20.9 Å². The van der Waals surface area contributed by atoms with E-state index in [0.717, 1.165) is 63.8 Å². The molecule has 2 aliphatic heterocycles. The molecule has 2 aromatic carbocycles. The van der Waals surface area contributed by atoms with Gasteiger partial charge in [0.2, 0.25) is 0 Å². The fourth-order valence-electron chi connectivity index (χ4n) is 6.87. The number of ether oxygens (including phenoxy) is 1. The lowest BCUT2D eigenvalue weighted by Crippen LogP contribution is -2.49. The van der Waals surface area contributed by atoms with E-state index in [0.29, 0.717) is 63.4 Å². The minimum Gasteiger partial charge on any atom is -0.392 e. The summed E-state index contributed by atoms with van der Waals surface area (Å²) in [6.07, 6.45) is 4.71. The van der Waals surface area contributed by atoms with Crippen molar-refractivity contribution in [3.63, 3.8) is 0 Å². The van der Waals surface area contributed by atoms with Crippen LogP contribution in [0, 0.1) is 17.1 Å². The normalized spacial score (nSPS) is 19.7. The number of aromatic nitrogens is 2. The first kappa shape index (κ1) is 24.6. The van der Waals surface area contributed by atoms with Crippen molar-refractivity contribution in [2.45, 2.75) is 50.8 Å². The number of rotatable bonds is 4. The Morgan fingerprint density at radius 2 is 1.82 bits per heavy atom. The molecule has 202 valence electrons. The Kier molecular flexibility index (Phi) is 6.07. The SMILES string of the molecule is N#Cc1ccc2c(c1)[nH]c1c2c(=O)c2cc(CO)c(N3CCC(N4CCOCC4)CC3)c(F)c2n1C1CCC1. The molecule has 0 atom stereocenters. The summed E-state index contributed by atoms with van der Waals surface area (Å²) in [5.74, 6) is -0.427. The van der Waals surface area contributed by atoms with Crippen LogP contribution in [0.25, 0.3) is 32.8 Å². The molecule has 0 amide bonds. The number of morpholine rings is 1. The van der Waals surface area contributed by atoms with Crippen molar-refractivity contribution in [1.82, 2.24) is 14.5 Å². The Balaban J connectivity index is 1.40. The van der Waals surface area contributed by atoms with Crippen LogP contribution in [0.2, 0.25) is 0 Å². The molecule has 7 rings (SSSR count). The molecule has 0 radical (unpaired) electrons. The number of H-pyrrole nitrogens is 1. The molecule has 2 aromatic heterocycles. The molecule has 1 saturated carbocycles. The monoisotopic (exact) mass is 529 g/mol. The fraction of sp³-hybridized carbons (Fsp3) is 0.467. The number of nitriles is 1. The Morgan fingerprint density at radius 1 is 1.05 bits per heavy atom. The first-order valence-electron chi connectivity index (χ1n) is 14.0. The van der Waals surface area contributed by atoms with E-state index in [9.17, 15) is 15.2 Å². The second kappa shape index (κ2) is 9.63. The van der Waals surface area contributed by atoms with Gasteiger partial charge in [-0.05, 0) is 50.3 Å². The number of hydrogen-bond donors (Lipinski definition) is 2. The molecule has 1 aliphatic carbocycles. The van der Waals surface area contributed by atoms with Gasteiger partial charge >= 0.3 is 0 Å². The Labute approximate surface area is 225 Å². The highest BCUT2D eigenvalue weighted by atomic mass is 19.1. The standard InChI is InChI=1S/C30H32FN5O3/c31-26-27(35-8-6-20(7-9-35)34-10-12-39-13-11-34)19(17-37)15-23-28(26)36(21-2-1-3-21)30-25(29(23)38)22-5-4-18(16-32)14-24(22)33-30/h4-5,14-15,20-21,33,37H,1-3,6-13,17H2. The highest BCUT2D eigenvalue weighted by Gasteiger charge is 2.32. The molecule has 2 saturated heterocycles. The van der Waals surface area contributed by atoms with Gasteiger partial charge in [-0.15, -0.1) is 0 Å². The quantitative estimate of drug-likeness (QED) is 0.412. The highest BCUT2D eigenvalue weighted by molar-refractivity contribution is 6.10. The number of aliphatic hydroxyl groups excluding tert-OH is 1. The lowest BCUT2D eigenvalue weighted by atomic mass is 9.91. The van der Waals surface area contributed by atoms with Gasteiger partial charge in [0.1, 0.15) is 5.65 Å². The molecule has 39 heavy (non-hydrogen) atoms.